The maximum Gasteiger partial charge on any atom is 0.343 e. The Labute approximate surface area is 206 Å². The van der Waals surface area contributed by atoms with Crippen LogP contribution in [-0.4, -0.2) is 26.5 Å². The number of rotatable bonds is 2. The zero-order chi connectivity index (χ0) is 29.1. The maximum absolute atomic E-state index is 14.9. The van der Waals surface area contributed by atoms with Crippen molar-refractivity contribution in [2.24, 2.45) is 0 Å². The van der Waals surface area contributed by atoms with E-state index >= 15 is 0 Å². The van der Waals surface area contributed by atoms with E-state index in [1.165, 1.54) is 23.6 Å². The summed E-state index contributed by atoms with van der Waals surface area (Å²) in [6, 6.07) is 2.01. The average Bonchev–Trinajstić information content (AvgIpc) is 3.23. The van der Waals surface area contributed by atoms with Crippen LogP contribution in [0.3, 0.4) is 0 Å². The Bertz CT molecular complexity index is 1750. The summed E-state index contributed by atoms with van der Waals surface area (Å²) in [4.78, 5) is 43.3. The Morgan fingerprint density at radius 3 is 2.94 bits per heavy atom. The first-order valence-electron chi connectivity index (χ1n) is 13.7. The number of carbonyl (C=O) groups is 2. The first kappa shape index (κ1) is 16.9. The molecule has 1 amide bonds. The molecule has 2 aromatic heterocycles. The monoisotopic (exact) mass is 482 g/mol. The van der Waals surface area contributed by atoms with Crippen molar-refractivity contribution in [3.8, 4) is 11.4 Å². The van der Waals surface area contributed by atoms with Crippen LogP contribution in [0, 0.1) is 12.7 Å². The van der Waals surface area contributed by atoms with Crippen molar-refractivity contribution in [1.82, 2.24) is 14.9 Å². The van der Waals surface area contributed by atoms with Crippen molar-refractivity contribution < 1.29 is 30.7 Å². The third kappa shape index (κ3) is 2.81. The Morgan fingerprint density at radius 1 is 1.40 bits per heavy atom. The smallest absolute Gasteiger partial charge is 0.343 e. The van der Waals surface area contributed by atoms with Crippen molar-refractivity contribution >= 4 is 22.8 Å². The van der Waals surface area contributed by atoms with Gasteiger partial charge in [-0.1, -0.05) is 6.85 Å². The second-order valence-electron chi connectivity index (χ2n) is 9.23. The predicted octanol–water partition coefficient (Wildman–Crippen LogP) is 2.65. The molecule has 0 bridgehead atoms. The van der Waals surface area contributed by atoms with Gasteiger partial charge in [-0.2, -0.15) is 0 Å². The molecule has 4 heterocycles. The molecule has 0 saturated carbocycles. The molecule has 2 N–H and O–H groups in total. The molecule has 0 unspecified atom stereocenters. The number of ether oxygens (including phenoxy) is 1. The number of aryl methyl sites for hydroxylation is 1. The fraction of sp³-hybridized carbons (Fsp3) is 0.385. The van der Waals surface area contributed by atoms with E-state index in [1.54, 1.807) is 6.92 Å². The van der Waals surface area contributed by atoms with E-state index in [2.05, 4.69) is 10.3 Å². The van der Waals surface area contributed by atoms with Crippen molar-refractivity contribution in [2.45, 2.75) is 64.7 Å². The Kier molecular flexibility index (Phi) is 3.49. The fourth-order valence-corrected chi connectivity index (χ4v) is 5.67. The van der Waals surface area contributed by atoms with Gasteiger partial charge < -0.3 is 19.7 Å². The number of hydrogen-bond donors (Lipinski definition) is 2. The maximum atomic E-state index is 14.9. The van der Waals surface area contributed by atoms with E-state index in [0.29, 0.717) is 34.9 Å². The quantitative estimate of drug-likeness (QED) is 0.425. The normalized spacial score (nSPS) is 24.7. The third-order valence-corrected chi connectivity index (χ3v) is 7.33. The lowest BCUT2D eigenvalue weighted by Crippen LogP contribution is -2.44. The van der Waals surface area contributed by atoms with E-state index in [-0.39, 0.29) is 34.9 Å². The van der Waals surface area contributed by atoms with Crippen molar-refractivity contribution in [3.05, 3.63) is 61.7 Å². The summed E-state index contributed by atoms with van der Waals surface area (Å²) < 4.78 is 60.6. The van der Waals surface area contributed by atoms with Crippen LogP contribution in [0.15, 0.2) is 16.9 Å². The van der Waals surface area contributed by atoms with Gasteiger partial charge in [0.1, 0.15) is 12.4 Å². The summed E-state index contributed by atoms with van der Waals surface area (Å²) in [6.45, 7) is -0.996. The number of halogens is 1. The third-order valence-electron chi connectivity index (χ3n) is 7.33. The van der Waals surface area contributed by atoms with Gasteiger partial charge in [0, 0.05) is 36.4 Å². The number of aliphatic hydroxyl groups is 1. The lowest BCUT2D eigenvalue weighted by molar-refractivity contribution is -0.172. The first-order valence-corrected chi connectivity index (χ1v) is 11.2. The fourth-order valence-electron chi connectivity index (χ4n) is 5.67. The number of carbonyl (C=O) groups excluding carboxylic acids is 2. The number of hydrogen-bond acceptors (Lipinski definition) is 6. The second-order valence-corrected chi connectivity index (χ2v) is 9.23. The van der Waals surface area contributed by atoms with E-state index in [4.69, 9.17) is 11.6 Å². The molecule has 6 rings (SSSR count). The van der Waals surface area contributed by atoms with Gasteiger partial charge in [-0.05, 0) is 48.9 Å². The molecule has 8 nitrogen and oxygen atoms in total. The molecule has 1 aliphatic carbocycles. The minimum absolute atomic E-state index is 0.000456. The summed E-state index contributed by atoms with van der Waals surface area (Å²) in [6.07, 6.45) is -2.55. The van der Waals surface area contributed by atoms with Gasteiger partial charge in [-0.15, -0.1) is 0 Å². The van der Waals surface area contributed by atoms with Crippen LogP contribution in [-0.2, 0) is 39.5 Å². The lowest BCUT2D eigenvalue weighted by atomic mass is 9.81. The number of cyclic esters (lactones) is 1. The summed E-state index contributed by atoms with van der Waals surface area (Å²) in [5.74, 6) is -2.28. The molecule has 2 aliphatic heterocycles. The number of benzene rings is 1. The summed E-state index contributed by atoms with van der Waals surface area (Å²) in [5, 5.41) is 15.0. The molecule has 0 fully saturated rings. The Morgan fingerprint density at radius 2 is 2.20 bits per heavy atom. The molecular weight excluding hydrogens is 453 g/mol. The summed E-state index contributed by atoms with van der Waals surface area (Å²) in [5.41, 5.74) is -1.72. The standard InChI is InChI=1S/C26H24FN3O5/c1-4-26(34)16-7-20-23-14(9-30(20)24(32)15(16)10-35-25(26)33)22-18(28-12(3)31)6-5-13-11(2)17(27)8-19(29-23)21(13)22/h7-8,18,34H,4-6,9-10H2,1-3H3,(H,28,31)/t18-,26-/m0/s1/i1D3,4D2. The number of amides is 1. The number of pyridine rings is 2. The number of nitrogens with zero attached hydrogens (tertiary/aromatic N) is 2. The summed E-state index contributed by atoms with van der Waals surface area (Å²) in [7, 11) is 0. The number of esters is 1. The number of fused-ring (bicyclic) bond motifs is 5. The van der Waals surface area contributed by atoms with Crippen LogP contribution in [0.1, 0.15) is 72.8 Å². The topological polar surface area (TPSA) is 111 Å². The minimum atomic E-state index is -3.52. The van der Waals surface area contributed by atoms with Gasteiger partial charge in [0.2, 0.25) is 5.91 Å². The second kappa shape index (κ2) is 7.21. The van der Waals surface area contributed by atoms with Crippen molar-refractivity contribution in [3.63, 3.8) is 0 Å². The van der Waals surface area contributed by atoms with Gasteiger partial charge in [0.15, 0.2) is 5.60 Å². The average molecular weight is 483 g/mol. The number of aromatic nitrogens is 2. The van der Waals surface area contributed by atoms with E-state index < -0.39 is 54.4 Å². The molecule has 0 saturated heterocycles. The molecule has 35 heavy (non-hydrogen) atoms. The molecule has 0 spiro atoms. The van der Waals surface area contributed by atoms with Crippen LogP contribution in [0.2, 0.25) is 0 Å². The van der Waals surface area contributed by atoms with Crippen LogP contribution in [0.4, 0.5) is 4.39 Å². The highest BCUT2D eigenvalue weighted by Crippen LogP contribution is 2.45. The minimum Gasteiger partial charge on any atom is -0.458 e. The zero-order valence-corrected chi connectivity index (χ0v) is 18.9. The van der Waals surface area contributed by atoms with Crippen LogP contribution in [0.5, 0.6) is 0 Å². The van der Waals surface area contributed by atoms with E-state index in [9.17, 15) is 23.9 Å². The van der Waals surface area contributed by atoms with Gasteiger partial charge in [-0.3, -0.25) is 9.59 Å². The molecule has 3 aromatic rings. The zero-order valence-electron chi connectivity index (χ0n) is 23.9. The molecule has 180 valence electrons. The predicted molar refractivity (Wildman–Crippen MR) is 124 cm³/mol. The van der Waals surface area contributed by atoms with Gasteiger partial charge in [-0.25, -0.2) is 14.2 Å². The Hall–Kier alpha value is -3.59. The number of nitrogens with one attached hydrogen (secondary N) is 1. The molecule has 9 heteroatoms. The van der Waals surface area contributed by atoms with Crippen LogP contribution in [0.25, 0.3) is 22.3 Å². The molecule has 3 aliphatic rings. The van der Waals surface area contributed by atoms with Gasteiger partial charge >= 0.3 is 5.97 Å². The van der Waals surface area contributed by atoms with Crippen LogP contribution >= 0.6 is 0 Å². The Balaban J connectivity index is 1.68. The highest BCUT2D eigenvalue weighted by Gasteiger charge is 2.46. The largest absolute Gasteiger partial charge is 0.458 e. The van der Waals surface area contributed by atoms with Crippen molar-refractivity contribution in [1.29, 1.82) is 0 Å². The SMILES string of the molecule is [2H]C([2H])([2H])C([2H])([2H])[C@@]1(O)C(=O)OCc2c1cc1n(c2=O)Cc2c-1nc1cc(F)c(C)c3c1c2[C@@H](NC(C)=O)CC3. The van der Waals surface area contributed by atoms with Crippen LogP contribution < -0.4 is 10.9 Å². The summed E-state index contributed by atoms with van der Waals surface area (Å²) >= 11 is 0. The van der Waals surface area contributed by atoms with E-state index in [0.717, 1.165) is 5.56 Å². The molecule has 2 atom stereocenters. The first-order chi connectivity index (χ1) is 18.6. The molecule has 0 radical (unpaired) electrons. The molecular formula is C26H24FN3O5. The lowest BCUT2D eigenvalue weighted by Gasteiger charge is -2.31. The highest BCUT2D eigenvalue weighted by atomic mass is 19.1. The molecule has 1 aromatic carbocycles. The van der Waals surface area contributed by atoms with E-state index in [1.807, 2.05) is 0 Å². The van der Waals surface area contributed by atoms with Crippen molar-refractivity contribution in [2.75, 3.05) is 0 Å². The van der Waals surface area contributed by atoms with Gasteiger partial charge in [0.05, 0.1) is 35.1 Å². The highest BCUT2D eigenvalue weighted by molar-refractivity contribution is 5.93. The van der Waals surface area contributed by atoms with Gasteiger partial charge in [0.25, 0.3) is 5.56 Å².